The van der Waals surface area contributed by atoms with Gasteiger partial charge in [-0.1, -0.05) is 39.0 Å². The fourth-order valence-corrected chi connectivity index (χ4v) is 2.13. The second-order valence-corrected chi connectivity index (χ2v) is 4.57. The quantitative estimate of drug-likeness (QED) is 0.621. The number of halogens is 3. The van der Waals surface area contributed by atoms with Gasteiger partial charge in [0.2, 0.25) is 0 Å². The van der Waals surface area contributed by atoms with Gasteiger partial charge >= 0.3 is 6.18 Å². The van der Waals surface area contributed by atoms with Crippen molar-refractivity contribution in [3.63, 3.8) is 0 Å². The summed E-state index contributed by atoms with van der Waals surface area (Å²) in [6.45, 7) is 2.15. The molecule has 0 aliphatic carbocycles. The smallest absolute Gasteiger partial charge is 0.366 e. The van der Waals surface area contributed by atoms with Crippen LogP contribution >= 0.6 is 0 Å². The average molecular weight is 238 g/mol. The van der Waals surface area contributed by atoms with Crippen molar-refractivity contribution in [2.75, 3.05) is 0 Å². The zero-order chi connectivity index (χ0) is 12.0. The Hall–Kier alpha value is -0.250. The first-order chi connectivity index (χ1) is 7.54. The van der Waals surface area contributed by atoms with Crippen molar-refractivity contribution in [2.24, 2.45) is 0 Å². The summed E-state index contributed by atoms with van der Waals surface area (Å²) < 4.78 is 41.9. The van der Waals surface area contributed by atoms with E-state index in [1.165, 1.54) is 19.3 Å². The minimum Gasteiger partial charge on any atom is -0.366 e. The molecule has 2 atom stereocenters. The SMILES string of the molecule is CCCCCCCC1CCC(C(F)(F)F)O1. The molecule has 0 radical (unpaired) electrons. The van der Waals surface area contributed by atoms with E-state index < -0.39 is 12.3 Å². The molecule has 1 aliphatic heterocycles. The van der Waals surface area contributed by atoms with Crippen molar-refractivity contribution >= 4 is 0 Å². The lowest BCUT2D eigenvalue weighted by atomic mass is 10.1. The highest BCUT2D eigenvalue weighted by Crippen LogP contribution is 2.34. The van der Waals surface area contributed by atoms with Gasteiger partial charge in [0.15, 0.2) is 6.10 Å². The Morgan fingerprint density at radius 1 is 1.06 bits per heavy atom. The van der Waals surface area contributed by atoms with Gasteiger partial charge in [-0.3, -0.25) is 0 Å². The van der Waals surface area contributed by atoms with Gasteiger partial charge in [0.05, 0.1) is 6.10 Å². The van der Waals surface area contributed by atoms with Gasteiger partial charge in [0.1, 0.15) is 0 Å². The number of alkyl halides is 3. The third kappa shape index (κ3) is 4.73. The van der Waals surface area contributed by atoms with E-state index in [1.54, 1.807) is 0 Å². The highest BCUT2D eigenvalue weighted by Gasteiger charge is 2.45. The topological polar surface area (TPSA) is 9.23 Å². The third-order valence-corrected chi connectivity index (χ3v) is 3.10. The minimum atomic E-state index is -4.17. The van der Waals surface area contributed by atoms with Crippen LogP contribution in [-0.2, 0) is 4.74 Å². The van der Waals surface area contributed by atoms with Crippen LogP contribution in [0.4, 0.5) is 13.2 Å². The molecule has 0 aromatic heterocycles. The first-order valence-corrected chi connectivity index (χ1v) is 6.26. The highest BCUT2D eigenvalue weighted by atomic mass is 19.4. The molecule has 0 N–H and O–H groups in total. The standard InChI is InChI=1S/C12H21F3O/c1-2-3-4-5-6-7-10-8-9-11(16-10)12(13,14)15/h10-11H,2-9H2,1H3. The van der Waals surface area contributed by atoms with Crippen LogP contribution in [0.3, 0.4) is 0 Å². The van der Waals surface area contributed by atoms with Crippen LogP contribution in [-0.4, -0.2) is 18.4 Å². The summed E-state index contributed by atoms with van der Waals surface area (Å²) in [5.41, 5.74) is 0. The normalized spacial score (nSPS) is 26.2. The molecule has 4 heteroatoms. The first kappa shape index (κ1) is 13.8. The lowest BCUT2D eigenvalue weighted by Gasteiger charge is -2.16. The van der Waals surface area contributed by atoms with Crippen LogP contribution in [0.1, 0.15) is 58.3 Å². The maximum atomic E-state index is 12.3. The molecule has 0 aromatic carbocycles. The molecular formula is C12H21F3O. The predicted molar refractivity (Wildman–Crippen MR) is 57.3 cm³/mol. The van der Waals surface area contributed by atoms with E-state index in [-0.39, 0.29) is 12.5 Å². The number of rotatable bonds is 6. The maximum Gasteiger partial charge on any atom is 0.414 e. The maximum absolute atomic E-state index is 12.3. The van der Waals surface area contributed by atoms with Crippen molar-refractivity contribution in [2.45, 2.75) is 76.7 Å². The summed E-state index contributed by atoms with van der Waals surface area (Å²) in [7, 11) is 0. The second kappa shape index (κ2) is 6.48. The highest BCUT2D eigenvalue weighted by molar-refractivity contribution is 4.78. The van der Waals surface area contributed by atoms with Gasteiger partial charge in [-0.05, 0) is 19.3 Å². The monoisotopic (exact) mass is 238 g/mol. The van der Waals surface area contributed by atoms with E-state index >= 15 is 0 Å². The molecule has 1 heterocycles. The molecule has 0 spiro atoms. The zero-order valence-corrected chi connectivity index (χ0v) is 9.85. The van der Waals surface area contributed by atoms with E-state index in [4.69, 9.17) is 4.74 Å². The van der Waals surface area contributed by atoms with Crippen molar-refractivity contribution < 1.29 is 17.9 Å². The fourth-order valence-electron chi connectivity index (χ4n) is 2.13. The molecule has 0 bridgehead atoms. The Kier molecular flexibility index (Phi) is 5.59. The molecule has 0 saturated carbocycles. The predicted octanol–water partition coefficient (Wildman–Crippen LogP) is 4.46. The summed E-state index contributed by atoms with van der Waals surface area (Å²) in [6.07, 6.45) is 1.37. The van der Waals surface area contributed by atoms with E-state index in [9.17, 15) is 13.2 Å². The molecule has 96 valence electrons. The lowest BCUT2D eigenvalue weighted by Crippen LogP contribution is -2.28. The molecule has 1 aliphatic rings. The molecule has 0 aromatic rings. The summed E-state index contributed by atoms with van der Waals surface area (Å²) in [5.74, 6) is 0. The van der Waals surface area contributed by atoms with Crippen LogP contribution in [0.25, 0.3) is 0 Å². The molecule has 1 saturated heterocycles. The summed E-state index contributed by atoms with van der Waals surface area (Å²) >= 11 is 0. The summed E-state index contributed by atoms with van der Waals surface area (Å²) in [5, 5.41) is 0. The Morgan fingerprint density at radius 3 is 2.31 bits per heavy atom. The Bertz CT molecular complexity index is 191. The van der Waals surface area contributed by atoms with E-state index in [0.717, 1.165) is 19.3 Å². The van der Waals surface area contributed by atoms with Gasteiger partial charge in [0, 0.05) is 0 Å². The van der Waals surface area contributed by atoms with Gasteiger partial charge in [-0.2, -0.15) is 13.2 Å². The lowest BCUT2D eigenvalue weighted by molar-refractivity contribution is -0.215. The minimum absolute atomic E-state index is 0.142. The largest absolute Gasteiger partial charge is 0.414 e. The van der Waals surface area contributed by atoms with E-state index in [2.05, 4.69) is 6.92 Å². The van der Waals surface area contributed by atoms with Crippen molar-refractivity contribution in [1.29, 1.82) is 0 Å². The molecule has 16 heavy (non-hydrogen) atoms. The molecule has 1 nitrogen and oxygen atoms in total. The number of ether oxygens (including phenoxy) is 1. The fraction of sp³-hybridized carbons (Fsp3) is 1.00. The van der Waals surface area contributed by atoms with Crippen molar-refractivity contribution in [1.82, 2.24) is 0 Å². The first-order valence-electron chi connectivity index (χ1n) is 6.26. The number of hydrogen-bond donors (Lipinski definition) is 0. The van der Waals surface area contributed by atoms with Crippen LogP contribution in [0.15, 0.2) is 0 Å². The summed E-state index contributed by atoms with van der Waals surface area (Å²) in [4.78, 5) is 0. The zero-order valence-electron chi connectivity index (χ0n) is 9.85. The van der Waals surface area contributed by atoms with Crippen LogP contribution in [0, 0.1) is 0 Å². The van der Waals surface area contributed by atoms with Gasteiger partial charge in [-0.15, -0.1) is 0 Å². The average Bonchev–Trinajstić information content (AvgIpc) is 2.65. The molecule has 0 amide bonds. The van der Waals surface area contributed by atoms with Gasteiger partial charge < -0.3 is 4.74 Å². The molecule has 1 rings (SSSR count). The number of hydrogen-bond acceptors (Lipinski definition) is 1. The number of unbranched alkanes of at least 4 members (excludes halogenated alkanes) is 4. The van der Waals surface area contributed by atoms with Crippen LogP contribution in [0.5, 0.6) is 0 Å². The van der Waals surface area contributed by atoms with Crippen LogP contribution < -0.4 is 0 Å². The molecule has 2 unspecified atom stereocenters. The van der Waals surface area contributed by atoms with E-state index in [1.807, 2.05) is 0 Å². The van der Waals surface area contributed by atoms with Gasteiger partial charge in [-0.25, -0.2) is 0 Å². The van der Waals surface area contributed by atoms with Crippen molar-refractivity contribution in [3.05, 3.63) is 0 Å². The van der Waals surface area contributed by atoms with E-state index in [0.29, 0.717) is 6.42 Å². The van der Waals surface area contributed by atoms with Crippen LogP contribution in [0.2, 0.25) is 0 Å². The van der Waals surface area contributed by atoms with Gasteiger partial charge in [0.25, 0.3) is 0 Å². The Balaban J connectivity index is 2.08. The Morgan fingerprint density at radius 2 is 1.75 bits per heavy atom. The molecule has 1 fully saturated rings. The summed E-state index contributed by atoms with van der Waals surface area (Å²) in [6, 6.07) is 0. The Labute approximate surface area is 95.4 Å². The third-order valence-electron chi connectivity index (χ3n) is 3.10. The second-order valence-electron chi connectivity index (χ2n) is 4.57. The molecular weight excluding hydrogens is 217 g/mol. The van der Waals surface area contributed by atoms with Crippen molar-refractivity contribution in [3.8, 4) is 0 Å².